The van der Waals surface area contributed by atoms with Crippen LogP contribution < -0.4 is 5.32 Å². The van der Waals surface area contributed by atoms with Gasteiger partial charge in [-0.05, 0) is 18.8 Å². The van der Waals surface area contributed by atoms with Crippen molar-refractivity contribution in [1.29, 1.82) is 0 Å². The Morgan fingerprint density at radius 2 is 1.83 bits per heavy atom. The first kappa shape index (κ1) is 13.1. The molecule has 0 aromatic carbocycles. The number of ether oxygens (including phenoxy) is 1. The first-order valence-corrected chi connectivity index (χ1v) is 5.61. The minimum atomic E-state index is -1.65. The third kappa shape index (κ3) is 2.72. The molecule has 0 amide bonds. The van der Waals surface area contributed by atoms with E-state index in [9.17, 15) is 17.6 Å². The van der Waals surface area contributed by atoms with Crippen LogP contribution >= 0.6 is 0 Å². The number of halogens is 4. The second kappa shape index (κ2) is 5.51. The Balaban J connectivity index is 1.99. The van der Waals surface area contributed by atoms with Crippen molar-refractivity contribution in [2.24, 2.45) is 5.92 Å². The van der Waals surface area contributed by atoms with Crippen molar-refractivity contribution in [3.63, 3.8) is 0 Å². The van der Waals surface area contributed by atoms with E-state index < -0.39 is 29.2 Å². The molecule has 0 aliphatic carbocycles. The van der Waals surface area contributed by atoms with E-state index in [0.717, 1.165) is 6.42 Å². The summed E-state index contributed by atoms with van der Waals surface area (Å²) in [6.07, 6.45) is 1.50. The van der Waals surface area contributed by atoms with Gasteiger partial charge in [-0.25, -0.2) is 0 Å². The van der Waals surface area contributed by atoms with Crippen molar-refractivity contribution in [1.82, 2.24) is 4.98 Å². The van der Waals surface area contributed by atoms with Crippen molar-refractivity contribution in [3.8, 4) is 0 Å². The number of hydrogen-bond acceptors (Lipinski definition) is 3. The fourth-order valence-electron chi connectivity index (χ4n) is 1.85. The predicted molar refractivity (Wildman–Crippen MR) is 56.1 cm³/mol. The lowest BCUT2D eigenvalue weighted by atomic mass is 10.1. The van der Waals surface area contributed by atoms with Gasteiger partial charge in [0.1, 0.15) is 5.69 Å². The fraction of sp³-hybridized carbons (Fsp3) is 0.545. The molecular formula is C11H12F4N2O. The highest BCUT2D eigenvalue weighted by molar-refractivity contribution is 5.45. The van der Waals surface area contributed by atoms with Gasteiger partial charge in [-0.2, -0.15) is 22.5 Å². The van der Waals surface area contributed by atoms with Crippen LogP contribution in [0.5, 0.6) is 0 Å². The molecule has 2 heterocycles. The van der Waals surface area contributed by atoms with Gasteiger partial charge in [-0.15, -0.1) is 0 Å². The lowest BCUT2D eigenvalue weighted by Crippen LogP contribution is -2.13. The first-order chi connectivity index (χ1) is 8.59. The van der Waals surface area contributed by atoms with E-state index in [1.54, 1.807) is 0 Å². The zero-order chi connectivity index (χ0) is 13.1. The maximum Gasteiger partial charge on any atom is 0.253 e. The summed E-state index contributed by atoms with van der Waals surface area (Å²) in [4.78, 5) is 2.48. The van der Waals surface area contributed by atoms with Crippen LogP contribution in [0.25, 0.3) is 0 Å². The molecule has 1 unspecified atom stereocenters. The average Bonchev–Trinajstić information content (AvgIpc) is 2.84. The van der Waals surface area contributed by atoms with Crippen LogP contribution in [0.1, 0.15) is 12.8 Å². The second-order valence-electron chi connectivity index (χ2n) is 4.14. The summed E-state index contributed by atoms with van der Waals surface area (Å²) in [6, 6.07) is 0. The van der Waals surface area contributed by atoms with Crippen LogP contribution in [0.15, 0.2) is 0 Å². The molecule has 1 saturated heterocycles. The number of pyridine rings is 1. The predicted octanol–water partition coefficient (Wildman–Crippen LogP) is 2.48. The molecule has 1 aromatic heterocycles. The van der Waals surface area contributed by atoms with Crippen LogP contribution in [0.4, 0.5) is 23.2 Å². The monoisotopic (exact) mass is 264 g/mol. The summed E-state index contributed by atoms with van der Waals surface area (Å²) in [7, 11) is 0. The maximum absolute atomic E-state index is 13.2. The average molecular weight is 264 g/mol. The van der Waals surface area contributed by atoms with E-state index in [0.29, 0.717) is 25.6 Å². The zero-order valence-corrected chi connectivity index (χ0v) is 9.48. The van der Waals surface area contributed by atoms with Crippen LogP contribution in [-0.4, -0.2) is 24.7 Å². The molecule has 2 rings (SSSR count). The van der Waals surface area contributed by atoms with Gasteiger partial charge in [0.25, 0.3) is 11.9 Å². The minimum Gasteiger partial charge on any atom is -0.381 e. The van der Waals surface area contributed by atoms with Gasteiger partial charge in [0, 0.05) is 19.8 Å². The second-order valence-corrected chi connectivity index (χ2v) is 4.14. The van der Waals surface area contributed by atoms with E-state index in [4.69, 9.17) is 4.74 Å². The normalized spacial score (nSPS) is 19.2. The minimum absolute atomic E-state index is 0.213. The van der Waals surface area contributed by atoms with Crippen molar-refractivity contribution in [3.05, 3.63) is 23.5 Å². The highest BCUT2D eigenvalue weighted by Crippen LogP contribution is 2.23. The first-order valence-electron chi connectivity index (χ1n) is 5.61. The van der Waals surface area contributed by atoms with Gasteiger partial charge in [0.15, 0.2) is 0 Å². The summed E-state index contributed by atoms with van der Waals surface area (Å²) >= 11 is 0. The Bertz CT molecular complexity index is 409. The Labute approximate surface area is 101 Å². The summed E-state index contributed by atoms with van der Waals surface area (Å²) < 4.78 is 57.2. The number of anilines is 1. The Kier molecular flexibility index (Phi) is 4.00. The molecule has 1 fully saturated rings. The van der Waals surface area contributed by atoms with E-state index in [2.05, 4.69) is 10.3 Å². The summed E-state index contributed by atoms with van der Waals surface area (Å²) in [6.45, 7) is 1.49. The number of aromatic nitrogens is 1. The standard InChI is InChI=1S/C11H12F4N2O/c12-7-9(8(13)11(15)17-10(7)14)16-3-1-6-2-4-18-5-6/h6H,1-5H2,(H,16,17). The number of rotatable bonds is 4. The van der Waals surface area contributed by atoms with Gasteiger partial charge in [-0.3, -0.25) is 0 Å². The number of nitrogens with one attached hydrogen (secondary N) is 1. The molecule has 1 N–H and O–H groups in total. The van der Waals surface area contributed by atoms with Gasteiger partial charge >= 0.3 is 0 Å². The molecule has 1 aromatic rings. The number of hydrogen-bond donors (Lipinski definition) is 1. The zero-order valence-electron chi connectivity index (χ0n) is 9.48. The molecule has 0 radical (unpaired) electrons. The van der Waals surface area contributed by atoms with Gasteiger partial charge < -0.3 is 10.1 Å². The molecule has 3 nitrogen and oxygen atoms in total. The Morgan fingerprint density at radius 3 is 2.39 bits per heavy atom. The highest BCUT2D eigenvalue weighted by Gasteiger charge is 2.21. The van der Waals surface area contributed by atoms with Gasteiger partial charge in [0.05, 0.1) is 0 Å². The largest absolute Gasteiger partial charge is 0.381 e. The molecule has 0 saturated carbocycles. The fourth-order valence-corrected chi connectivity index (χ4v) is 1.85. The lowest BCUT2D eigenvalue weighted by molar-refractivity contribution is 0.185. The lowest BCUT2D eigenvalue weighted by Gasteiger charge is -2.11. The molecule has 1 atom stereocenters. The molecule has 18 heavy (non-hydrogen) atoms. The van der Waals surface area contributed by atoms with Crippen molar-refractivity contribution in [2.75, 3.05) is 25.1 Å². The Hall–Kier alpha value is -1.37. The molecule has 100 valence electrons. The quantitative estimate of drug-likeness (QED) is 0.670. The van der Waals surface area contributed by atoms with Gasteiger partial charge in [-0.1, -0.05) is 0 Å². The molecule has 1 aliphatic heterocycles. The molecule has 0 bridgehead atoms. The van der Waals surface area contributed by atoms with Crippen LogP contribution in [0.3, 0.4) is 0 Å². The third-order valence-electron chi connectivity index (χ3n) is 2.88. The number of nitrogens with zero attached hydrogens (tertiary/aromatic N) is 1. The smallest absolute Gasteiger partial charge is 0.253 e. The van der Waals surface area contributed by atoms with Crippen molar-refractivity contribution in [2.45, 2.75) is 12.8 Å². The Morgan fingerprint density at radius 1 is 1.17 bits per heavy atom. The summed E-state index contributed by atoms with van der Waals surface area (Å²) in [5, 5.41) is 2.36. The molecule has 1 aliphatic rings. The van der Waals surface area contributed by atoms with Crippen LogP contribution in [0, 0.1) is 29.4 Å². The van der Waals surface area contributed by atoms with Crippen molar-refractivity contribution < 1.29 is 22.3 Å². The highest BCUT2D eigenvalue weighted by atomic mass is 19.2. The molecular weight excluding hydrogens is 252 g/mol. The molecule has 7 heteroatoms. The SMILES string of the molecule is Fc1nc(F)c(F)c(NCCC2CCOC2)c1F. The van der Waals surface area contributed by atoms with Crippen LogP contribution in [0.2, 0.25) is 0 Å². The van der Waals surface area contributed by atoms with Crippen LogP contribution in [-0.2, 0) is 4.74 Å². The third-order valence-corrected chi connectivity index (χ3v) is 2.88. The summed E-state index contributed by atoms with van der Waals surface area (Å²) in [5.41, 5.74) is -0.807. The maximum atomic E-state index is 13.2. The van der Waals surface area contributed by atoms with E-state index in [-0.39, 0.29) is 6.54 Å². The molecule has 0 spiro atoms. The van der Waals surface area contributed by atoms with Gasteiger partial charge in [0.2, 0.25) is 11.6 Å². The van der Waals surface area contributed by atoms with E-state index in [1.807, 2.05) is 0 Å². The summed E-state index contributed by atoms with van der Waals surface area (Å²) in [5.74, 6) is -6.01. The van der Waals surface area contributed by atoms with E-state index in [1.165, 1.54) is 0 Å². The van der Waals surface area contributed by atoms with E-state index >= 15 is 0 Å². The topological polar surface area (TPSA) is 34.2 Å². The van der Waals surface area contributed by atoms with Crippen molar-refractivity contribution >= 4 is 5.69 Å².